The van der Waals surface area contributed by atoms with Crippen LogP contribution in [-0.4, -0.2) is 24.3 Å². The quantitative estimate of drug-likeness (QED) is 0.926. The molecule has 1 saturated heterocycles. The number of rotatable bonds is 4. The fourth-order valence-electron chi connectivity index (χ4n) is 2.47. The van der Waals surface area contributed by atoms with Crippen LogP contribution < -0.4 is 9.64 Å². The molecule has 1 atom stereocenters. The van der Waals surface area contributed by atoms with Crippen LogP contribution in [0.2, 0.25) is 0 Å². The van der Waals surface area contributed by atoms with Crippen molar-refractivity contribution in [3.63, 3.8) is 0 Å². The Morgan fingerprint density at radius 3 is 2.45 bits per heavy atom. The molecule has 2 aromatic carbocycles. The minimum absolute atomic E-state index is 0.191. The van der Waals surface area contributed by atoms with Crippen molar-refractivity contribution in [1.29, 1.82) is 0 Å². The third kappa shape index (κ3) is 3.11. The van der Waals surface area contributed by atoms with Gasteiger partial charge in [0.05, 0.1) is 6.10 Å². The molecule has 1 aliphatic heterocycles. The summed E-state index contributed by atoms with van der Waals surface area (Å²) in [7, 11) is 0. The van der Waals surface area contributed by atoms with Gasteiger partial charge in [-0.3, -0.25) is 0 Å². The maximum absolute atomic E-state index is 9.56. The molecule has 0 saturated carbocycles. The third-order valence-electron chi connectivity index (χ3n) is 3.61. The van der Waals surface area contributed by atoms with Crippen LogP contribution in [-0.2, 0) is 6.61 Å². The molecule has 0 amide bonds. The SMILES string of the molecule is O[C@H]1CCN(c2ccc(OCc3ccccc3)cc2)C1. The average Bonchev–Trinajstić information content (AvgIpc) is 2.93. The number of aliphatic hydroxyl groups is 1. The van der Waals surface area contributed by atoms with Gasteiger partial charge in [-0.15, -0.1) is 0 Å². The molecule has 3 heteroatoms. The summed E-state index contributed by atoms with van der Waals surface area (Å²) in [6, 6.07) is 18.2. The molecule has 3 nitrogen and oxygen atoms in total. The van der Waals surface area contributed by atoms with Crippen LogP contribution in [0.15, 0.2) is 54.6 Å². The lowest BCUT2D eigenvalue weighted by Crippen LogP contribution is -2.20. The monoisotopic (exact) mass is 269 g/mol. The summed E-state index contributed by atoms with van der Waals surface area (Å²) >= 11 is 0. The molecule has 0 aliphatic carbocycles. The molecular formula is C17H19NO2. The second kappa shape index (κ2) is 5.97. The molecule has 1 fully saturated rings. The first kappa shape index (κ1) is 13.0. The number of ether oxygens (including phenoxy) is 1. The minimum atomic E-state index is -0.191. The molecule has 1 N–H and O–H groups in total. The highest BCUT2D eigenvalue weighted by Gasteiger charge is 2.20. The fraction of sp³-hybridized carbons (Fsp3) is 0.294. The Bertz CT molecular complexity index is 539. The standard InChI is InChI=1S/C17H19NO2/c19-16-10-11-18(12-16)15-6-8-17(9-7-15)20-13-14-4-2-1-3-5-14/h1-9,16,19H,10-13H2/t16-/m0/s1. The first-order chi connectivity index (χ1) is 9.81. The van der Waals surface area contributed by atoms with E-state index in [1.54, 1.807) is 0 Å². The Hall–Kier alpha value is -2.00. The highest BCUT2D eigenvalue weighted by Crippen LogP contribution is 2.23. The van der Waals surface area contributed by atoms with E-state index in [0.717, 1.165) is 30.9 Å². The Morgan fingerprint density at radius 1 is 1.05 bits per heavy atom. The Labute approximate surface area is 119 Å². The first-order valence-corrected chi connectivity index (χ1v) is 7.01. The zero-order valence-corrected chi connectivity index (χ0v) is 11.4. The van der Waals surface area contributed by atoms with Crippen LogP contribution in [0.1, 0.15) is 12.0 Å². The van der Waals surface area contributed by atoms with Crippen molar-refractivity contribution in [3.8, 4) is 5.75 Å². The van der Waals surface area contributed by atoms with Crippen LogP contribution in [0.4, 0.5) is 5.69 Å². The second-order valence-electron chi connectivity index (χ2n) is 5.16. The van der Waals surface area contributed by atoms with Gasteiger partial charge in [-0.2, -0.15) is 0 Å². The highest BCUT2D eigenvalue weighted by atomic mass is 16.5. The molecule has 3 rings (SSSR count). The van der Waals surface area contributed by atoms with Crippen LogP contribution in [0.3, 0.4) is 0 Å². The van der Waals surface area contributed by atoms with E-state index in [9.17, 15) is 5.11 Å². The summed E-state index contributed by atoms with van der Waals surface area (Å²) in [6.07, 6.45) is 0.663. The van der Waals surface area contributed by atoms with Crippen molar-refractivity contribution in [3.05, 3.63) is 60.2 Å². The van der Waals surface area contributed by atoms with Crippen LogP contribution in [0, 0.1) is 0 Å². The number of hydrogen-bond donors (Lipinski definition) is 1. The van der Waals surface area contributed by atoms with Crippen LogP contribution in [0.25, 0.3) is 0 Å². The summed E-state index contributed by atoms with van der Waals surface area (Å²) in [4.78, 5) is 2.20. The lowest BCUT2D eigenvalue weighted by atomic mass is 10.2. The summed E-state index contributed by atoms with van der Waals surface area (Å²) in [5.41, 5.74) is 2.31. The summed E-state index contributed by atoms with van der Waals surface area (Å²) in [6.45, 7) is 2.23. The van der Waals surface area contributed by atoms with Crippen molar-refractivity contribution in [2.24, 2.45) is 0 Å². The van der Waals surface area contributed by atoms with E-state index in [1.807, 2.05) is 30.3 Å². The summed E-state index contributed by atoms with van der Waals surface area (Å²) in [5.74, 6) is 0.873. The lowest BCUT2D eigenvalue weighted by Gasteiger charge is -2.18. The van der Waals surface area contributed by atoms with E-state index in [0.29, 0.717) is 6.61 Å². The van der Waals surface area contributed by atoms with Gasteiger partial charge in [0, 0.05) is 18.8 Å². The molecule has 0 radical (unpaired) electrons. The number of benzene rings is 2. The second-order valence-corrected chi connectivity index (χ2v) is 5.16. The van der Waals surface area contributed by atoms with Gasteiger partial charge in [-0.1, -0.05) is 30.3 Å². The molecule has 20 heavy (non-hydrogen) atoms. The zero-order valence-electron chi connectivity index (χ0n) is 11.4. The van der Waals surface area contributed by atoms with E-state index in [4.69, 9.17) is 4.74 Å². The number of nitrogens with zero attached hydrogens (tertiary/aromatic N) is 1. The van der Waals surface area contributed by atoms with E-state index in [-0.39, 0.29) is 6.10 Å². The topological polar surface area (TPSA) is 32.7 Å². The molecule has 2 aromatic rings. The molecule has 0 bridgehead atoms. The molecule has 0 spiro atoms. The van der Waals surface area contributed by atoms with Gasteiger partial charge < -0.3 is 14.7 Å². The summed E-state index contributed by atoms with van der Waals surface area (Å²) in [5, 5.41) is 9.56. The van der Waals surface area contributed by atoms with Crippen molar-refractivity contribution in [2.75, 3.05) is 18.0 Å². The zero-order chi connectivity index (χ0) is 13.8. The maximum Gasteiger partial charge on any atom is 0.119 e. The molecule has 0 aromatic heterocycles. The maximum atomic E-state index is 9.56. The van der Waals surface area contributed by atoms with Gasteiger partial charge in [0.2, 0.25) is 0 Å². The number of anilines is 1. The molecule has 104 valence electrons. The number of aliphatic hydroxyl groups excluding tert-OH is 1. The Balaban J connectivity index is 1.59. The predicted molar refractivity (Wildman–Crippen MR) is 80.1 cm³/mol. The normalized spacial score (nSPS) is 18.2. The third-order valence-corrected chi connectivity index (χ3v) is 3.61. The number of β-amino-alcohol motifs (C(OH)–C–C–N with tert-alkyl or cyclic N) is 1. The van der Waals surface area contributed by atoms with E-state index in [2.05, 4.69) is 29.2 Å². The van der Waals surface area contributed by atoms with Gasteiger partial charge in [0.1, 0.15) is 12.4 Å². The van der Waals surface area contributed by atoms with Gasteiger partial charge >= 0.3 is 0 Å². The lowest BCUT2D eigenvalue weighted by molar-refractivity contribution is 0.198. The smallest absolute Gasteiger partial charge is 0.119 e. The van der Waals surface area contributed by atoms with Gasteiger partial charge in [-0.05, 0) is 36.2 Å². The van der Waals surface area contributed by atoms with Crippen LogP contribution in [0.5, 0.6) is 5.75 Å². The van der Waals surface area contributed by atoms with Crippen molar-refractivity contribution >= 4 is 5.69 Å². The summed E-state index contributed by atoms with van der Waals surface area (Å²) < 4.78 is 5.76. The van der Waals surface area contributed by atoms with Crippen molar-refractivity contribution in [1.82, 2.24) is 0 Å². The molecular weight excluding hydrogens is 250 g/mol. The van der Waals surface area contributed by atoms with E-state index < -0.39 is 0 Å². The Morgan fingerprint density at radius 2 is 1.80 bits per heavy atom. The minimum Gasteiger partial charge on any atom is -0.489 e. The van der Waals surface area contributed by atoms with Gasteiger partial charge in [-0.25, -0.2) is 0 Å². The molecule has 1 aliphatic rings. The van der Waals surface area contributed by atoms with Gasteiger partial charge in [0.25, 0.3) is 0 Å². The van der Waals surface area contributed by atoms with Crippen molar-refractivity contribution < 1.29 is 9.84 Å². The highest BCUT2D eigenvalue weighted by molar-refractivity contribution is 5.50. The largest absolute Gasteiger partial charge is 0.489 e. The number of hydrogen-bond acceptors (Lipinski definition) is 3. The molecule has 1 heterocycles. The van der Waals surface area contributed by atoms with Crippen molar-refractivity contribution in [2.45, 2.75) is 19.1 Å². The van der Waals surface area contributed by atoms with E-state index in [1.165, 1.54) is 5.56 Å². The Kier molecular flexibility index (Phi) is 3.88. The van der Waals surface area contributed by atoms with Crippen LogP contribution >= 0.6 is 0 Å². The average molecular weight is 269 g/mol. The molecule has 0 unspecified atom stereocenters. The van der Waals surface area contributed by atoms with Gasteiger partial charge in [0.15, 0.2) is 0 Å². The first-order valence-electron chi connectivity index (χ1n) is 7.01. The van der Waals surface area contributed by atoms with E-state index >= 15 is 0 Å². The fourth-order valence-corrected chi connectivity index (χ4v) is 2.47. The predicted octanol–water partition coefficient (Wildman–Crippen LogP) is 2.84.